The summed E-state index contributed by atoms with van der Waals surface area (Å²) in [6.45, 7) is 10.4. The molecule has 1 fully saturated rings. The number of aromatic nitrogens is 4. The standard InChI is InChI=1S/C28H33N5O3S2/c1-16(2)21-14-20-22(15-36-21)38-26-23(20)25(35)32(19-10-8-17(3)9-11-19)27-29-30-28(33(26)27)37-18(4)24(34)31-12-6-5-7-13-31/h8-11,16,18,21H,5-7,12-15H2,1-4H3/t18-,21-/m0/s1. The maximum Gasteiger partial charge on any atom is 0.268 e. The third-order valence-electron chi connectivity index (χ3n) is 7.68. The van der Waals surface area contributed by atoms with E-state index >= 15 is 0 Å². The van der Waals surface area contributed by atoms with Crippen molar-refractivity contribution in [2.45, 2.75) is 76.5 Å². The molecule has 1 amide bonds. The van der Waals surface area contributed by atoms with Gasteiger partial charge >= 0.3 is 0 Å². The van der Waals surface area contributed by atoms with Crippen LogP contribution in [0.15, 0.2) is 34.2 Å². The van der Waals surface area contributed by atoms with Gasteiger partial charge in [0.15, 0.2) is 5.16 Å². The maximum absolute atomic E-state index is 14.2. The third kappa shape index (κ3) is 4.36. The van der Waals surface area contributed by atoms with Gasteiger partial charge < -0.3 is 9.64 Å². The van der Waals surface area contributed by atoms with Gasteiger partial charge in [-0.25, -0.2) is 8.97 Å². The lowest BCUT2D eigenvalue weighted by Crippen LogP contribution is -2.40. The number of fused-ring (bicyclic) bond motifs is 5. The Labute approximate surface area is 230 Å². The maximum atomic E-state index is 14.2. The molecule has 8 nitrogen and oxygen atoms in total. The van der Waals surface area contributed by atoms with Gasteiger partial charge in [0.2, 0.25) is 11.7 Å². The molecule has 2 atom stereocenters. The van der Waals surface area contributed by atoms with E-state index in [0.29, 0.717) is 35.3 Å². The normalized spacial score (nSPS) is 18.9. The number of aryl methyl sites for hydroxylation is 1. The number of ether oxygens (including phenoxy) is 1. The van der Waals surface area contributed by atoms with Crippen LogP contribution in [0.5, 0.6) is 0 Å². The Morgan fingerprint density at radius 1 is 1.11 bits per heavy atom. The van der Waals surface area contributed by atoms with E-state index in [0.717, 1.165) is 52.5 Å². The van der Waals surface area contributed by atoms with Gasteiger partial charge in [0.25, 0.3) is 5.56 Å². The number of piperidine rings is 1. The predicted octanol–water partition coefficient (Wildman–Crippen LogP) is 4.99. The highest BCUT2D eigenvalue weighted by molar-refractivity contribution is 8.00. The molecule has 0 unspecified atom stereocenters. The number of nitrogens with zero attached hydrogens (tertiary/aromatic N) is 5. The Morgan fingerprint density at radius 2 is 1.84 bits per heavy atom. The number of thioether (sulfide) groups is 1. The fourth-order valence-electron chi connectivity index (χ4n) is 5.45. The largest absolute Gasteiger partial charge is 0.372 e. The fourth-order valence-corrected chi connectivity index (χ4v) is 7.68. The Morgan fingerprint density at radius 3 is 2.55 bits per heavy atom. The van der Waals surface area contributed by atoms with E-state index in [4.69, 9.17) is 4.74 Å². The van der Waals surface area contributed by atoms with Crippen LogP contribution in [-0.2, 0) is 22.6 Å². The minimum Gasteiger partial charge on any atom is -0.372 e. The number of thiophene rings is 1. The summed E-state index contributed by atoms with van der Waals surface area (Å²) in [6.07, 6.45) is 4.07. The van der Waals surface area contributed by atoms with Crippen LogP contribution < -0.4 is 5.56 Å². The van der Waals surface area contributed by atoms with Crippen molar-refractivity contribution in [1.29, 1.82) is 0 Å². The first-order valence-corrected chi connectivity index (χ1v) is 15.1. The van der Waals surface area contributed by atoms with E-state index < -0.39 is 0 Å². The first-order chi connectivity index (χ1) is 18.3. The summed E-state index contributed by atoms with van der Waals surface area (Å²) in [5.74, 6) is 0.948. The van der Waals surface area contributed by atoms with Gasteiger partial charge in [-0.3, -0.25) is 9.59 Å². The highest BCUT2D eigenvalue weighted by Crippen LogP contribution is 2.38. The summed E-state index contributed by atoms with van der Waals surface area (Å²) >= 11 is 3.00. The van der Waals surface area contributed by atoms with Crippen LogP contribution in [0.25, 0.3) is 21.7 Å². The van der Waals surface area contributed by atoms with E-state index in [1.165, 1.54) is 18.2 Å². The summed E-state index contributed by atoms with van der Waals surface area (Å²) in [6, 6.07) is 7.90. The molecule has 5 heterocycles. The average molecular weight is 552 g/mol. The van der Waals surface area contributed by atoms with Crippen molar-refractivity contribution in [3.63, 3.8) is 0 Å². The number of hydrogen-bond acceptors (Lipinski definition) is 7. The van der Waals surface area contributed by atoms with Crippen LogP contribution in [-0.4, -0.2) is 54.4 Å². The van der Waals surface area contributed by atoms with E-state index in [2.05, 4.69) is 24.0 Å². The van der Waals surface area contributed by atoms with E-state index in [9.17, 15) is 9.59 Å². The van der Waals surface area contributed by atoms with Gasteiger partial charge in [-0.1, -0.05) is 43.3 Å². The second-order valence-electron chi connectivity index (χ2n) is 10.7. The van der Waals surface area contributed by atoms with Crippen LogP contribution >= 0.6 is 23.1 Å². The lowest BCUT2D eigenvalue weighted by Gasteiger charge is -2.28. The average Bonchev–Trinajstić information content (AvgIpc) is 3.51. The SMILES string of the molecule is Cc1ccc(-n2c(=O)c3c4c(sc3n3c(S[C@@H](C)C(=O)N5CCCCC5)nnc23)CO[C@H](C(C)C)C4)cc1. The molecule has 6 rings (SSSR count). The number of amides is 1. The van der Waals surface area contributed by atoms with Crippen LogP contribution in [0.1, 0.15) is 56.0 Å². The predicted molar refractivity (Wildman–Crippen MR) is 152 cm³/mol. The van der Waals surface area contributed by atoms with Crippen LogP contribution in [0.2, 0.25) is 0 Å². The van der Waals surface area contributed by atoms with Crippen molar-refractivity contribution in [2.24, 2.45) is 5.92 Å². The molecule has 3 aromatic heterocycles. The first kappa shape index (κ1) is 25.6. The number of carbonyl (C=O) groups excluding carboxylic acids is 1. The summed E-state index contributed by atoms with van der Waals surface area (Å²) in [7, 11) is 0. The molecule has 0 aliphatic carbocycles. The zero-order chi connectivity index (χ0) is 26.6. The second kappa shape index (κ2) is 10.1. The second-order valence-corrected chi connectivity index (χ2v) is 13.1. The topological polar surface area (TPSA) is 81.7 Å². The lowest BCUT2D eigenvalue weighted by atomic mass is 9.96. The highest BCUT2D eigenvalue weighted by Gasteiger charge is 2.31. The van der Waals surface area contributed by atoms with Crippen LogP contribution in [0.4, 0.5) is 0 Å². The molecule has 10 heteroatoms. The third-order valence-corrected chi connectivity index (χ3v) is 9.90. The summed E-state index contributed by atoms with van der Waals surface area (Å²) < 4.78 is 9.81. The molecule has 200 valence electrons. The van der Waals surface area contributed by atoms with Crippen LogP contribution in [0.3, 0.4) is 0 Å². The minimum absolute atomic E-state index is 0.0696. The molecule has 0 N–H and O–H groups in total. The Hall–Kier alpha value is -2.69. The minimum atomic E-state index is -0.307. The summed E-state index contributed by atoms with van der Waals surface area (Å²) in [5, 5.41) is 10.1. The molecule has 0 bridgehead atoms. The lowest BCUT2D eigenvalue weighted by molar-refractivity contribution is -0.131. The van der Waals surface area contributed by atoms with Crippen molar-refractivity contribution in [3.05, 3.63) is 50.6 Å². The van der Waals surface area contributed by atoms with Crippen LogP contribution in [0, 0.1) is 12.8 Å². The Bertz CT molecular complexity index is 1560. The monoisotopic (exact) mass is 551 g/mol. The summed E-state index contributed by atoms with van der Waals surface area (Å²) in [5.41, 5.74) is 2.86. The van der Waals surface area contributed by atoms with E-state index in [1.807, 2.05) is 47.4 Å². The van der Waals surface area contributed by atoms with Crippen molar-refractivity contribution >= 4 is 45.0 Å². The molecule has 38 heavy (non-hydrogen) atoms. The number of carbonyl (C=O) groups is 1. The quantitative estimate of drug-likeness (QED) is 0.325. The zero-order valence-electron chi connectivity index (χ0n) is 22.3. The number of rotatable bonds is 5. The molecule has 0 saturated carbocycles. The molecular formula is C28H33N5O3S2. The number of hydrogen-bond donors (Lipinski definition) is 0. The molecule has 2 aliphatic rings. The zero-order valence-corrected chi connectivity index (χ0v) is 23.9. The van der Waals surface area contributed by atoms with Crippen molar-refractivity contribution in [1.82, 2.24) is 24.1 Å². The molecule has 1 aromatic carbocycles. The summed E-state index contributed by atoms with van der Waals surface area (Å²) in [4.78, 5) is 31.3. The van der Waals surface area contributed by atoms with E-state index in [1.54, 1.807) is 15.9 Å². The van der Waals surface area contributed by atoms with E-state index in [-0.39, 0.29) is 22.8 Å². The number of likely N-dealkylation sites (tertiary alicyclic amines) is 1. The van der Waals surface area contributed by atoms with Gasteiger partial charge in [-0.15, -0.1) is 21.5 Å². The smallest absolute Gasteiger partial charge is 0.268 e. The van der Waals surface area contributed by atoms with Crippen molar-refractivity contribution in [3.8, 4) is 5.69 Å². The van der Waals surface area contributed by atoms with Gasteiger partial charge in [0, 0.05) is 24.4 Å². The Balaban J connectivity index is 1.52. The van der Waals surface area contributed by atoms with Gasteiger partial charge in [-0.2, -0.15) is 0 Å². The first-order valence-electron chi connectivity index (χ1n) is 13.4. The molecule has 4 aromatic rings. The molecule has 2 aliphatic heterocycles. The number of benzene rings is 1. The Kier molecular flexibility index (Phi) is 6.82. The van der Waals surface area contributed by atoms with Gasteiger partial charge in [0.1, 0.15) is 4.83 Å². The molecule has 0 radical (unpaired) electrons. The van der Waals surface area contributed by atoms with Crippen molar-refractivity contribution in [2.75, 3.05) is 13.1 Å². The highest BCUT2D eigenvalue weighted by atomic mass is 32.2. The van der Waals surface area contributed by atoms with Gasteiger partial charge in [0.05, 0.1) is 29.0 Å². The fraction of sp³-hybridized carbons (Fsp3) is 0.500. The molecule has 1 saturated heterocycles. The van der Waals surface area contributed by atoms with Gasteiger partial charge in [-0.05, 0) is 56.7 Å². The molecule has 0 spiro atoms. The molecular weight excluding hydrogens is 518 g/mol. The van der Waals surface area contributed by atoms with Crippen molar-refractivity contribution < 1.29 is 9.53 Å².